The molecule has 0 spiro atoms. The van der Waals surface area contributed by atoms with Crippen LogP contribution in [0.15, 0.2) is 24.3 Å². The normalized spacial score (nSPS) is 13.7. The van der Waals surface area contributed by atoms with Crippen molar-refractivity contribution in [1.82, 2.24) is 0 Å². The molecule has 2 atom stereocenters. The van der Waals surface area contributed by atoms with Crippen LogP contribution in [-0.2, 0) is 9.53 Å². The fraction of sp³-hybridized carbons (Fsp3) is 0.364. The lowest BCUT2D eigenvalue weighted by molar-refractivity contribution is -0.385. The molecule has 0 aliphatic heterocycles. The van der Waals surface area contributed by atoms with Gasteiger partial charge >= 0.3 is 5.97 Å². The summed E-state index contributed by atoms with van der Waals surface area (Å²) in [5.74, 6) is -0.674. The van der Waals surface area contributed by atoms with E-state index < -0.39 is 23.1 Å². The number of ether oxygens (including phenoxy) is 1. The number of aliphatic hydroxyl groups excluding tert-OH is 2. The number of carbonyl (C=O) groups excluding carboxylic acids is 1. The Kier molecular flexibility index (Phi) is 4.75. The van der Waals surface area contributed by atoms with Crippen molar-refractivity contribution in [2.24, 2.45) is 0 Å². The maximum absolute atomic E-state index is 10.9. The first kappa shape index (κ1) is 14.1. The van der Waals surface area contributed by atoms with E-state index in [0.717, 1.165) is 13.2 Å². The third kappa shape index (κ3) is 3.51. The van der Waals surface area contributed by atoms with Crippen LogP contribution < -0.4 is 0 Å². The van der Waals surface area contributed by atoms with Gasteiger partial charge in [-0.15, -0.1) is 0 Å². The highest BCUT2D eigenvalue weighted by Gasteiger charge is 2.23. The molecule has 0 radical (unpaired) electrons. The van der Waals surface area contributed by atoms with Crippen LogP contribution in [0.4, 0.5) is 5.69 Å². The zero-order chi connectivity index (χ0) is 13.7. The molecule has 0 aliphatic carbocycles. The van der Waals surface area contributed by atoms with Crippen LogP contribution in [0.5, 0.6) is 0 Å². The molecule has 0 saturated carbocycles. The molecule has 1 rings (SSSR count). The maximum Gasteiger partial charge on any atom is 0.308 e. The van der Waals surface area contributed by atoms with Crippen LogP contribution in [-0.4, -0.2) is 34.3 Å². The summed E-state index contributed by atoms with van der Waals surface area (Å²) >= 11 is 0. The Bertz CT molecular complexity index is 447. The minimum atomic E-state index is -1.39. The molecule has 0 aromatic heterocycles. The number of hydrogen-bond donors (Lipinski definition) is 2. The summed E-state index contributed by atoms with van der Waals surface area (Å²) in [6.45, 7) is 0. The summed E-state index contributed by atoms with van der Waals surface area (Å²) in [5.41, 5.74) is -0.0302. The summed E-state index contributed by atoms with van der Waals surface area (Å²) < 4.78 is 4.35. The number of esters is 1. The molecular weight excluding hydrogens is 242 g/mol. The molecule has 0 fully saturated rings. The number of rotatable bonds is 5. The van der Waals surface area contributed by atoms with E-state index in [1.165, 1.54) is 18.2 Å². The van der Waals surface area contributed by atoms with E-state index >= 15 is 0 Å². The van der Waals surface area contributed by atoms with E-state index in [2.05, 4.69) is 4.74 Å². The lowest BCUT2D eigenvalue weighted by Gasteiger charge is -2.16. The summed E-state index contributed by atoms with van der Waals surface area (Å²) in [6, 6.07) is 5.23. The number of nitro groups is 1. The lowest BCUT2D eigenvalue weighted by Crippen LogP contribution is -2.22. The van der Waals surface area contributed by atoms with Gasteiger partial charge in [0.15, 0.2) is 0 Å². The highest BCUT2D eigenvalue weighted by molar-refractivity contribution is 5.69. The first-order valence-electron chi connectivity index (χ1n) is 5.13. The van der Waals surface area contributed by atoms with Crippen molar-refractivity contribution >= 4 is 11.7 Å². The van der Waals surface area contributed by atoms with Crippen LogP contribution in [0, 0.1) is 10.1 Å². The second-order valence-electron chi connectivity index (χ2n) is 3.64. The average Bonchev–Trinajstić information content (AvgIpc) is 2.37. The van der Waals surface area contributed by atoms with E-state index in [0.29, 0.717) is 0 Å². The van der Waals surface area contributed by atoms with Crippen molar-refractivity contribution in [2.75, 3.05) is 7.11 Å². The highest BCUT2D eigenvalue weighted by Crippen LogP contribution is 2.23. The SMILES string of the molecule is COC(=O)CC(O)C(O)c1cccc([N+](=O)[O-])c1. The third-order valence-corrected chi connectivity index (χ3v) is 2.39. The van der Waals surface area contributed by atoms with Crippen LogP contribution in [0.2, 0.25) is 0 Å². The molecule has 2 unspecified atom stereocenters. The Balaban J connectivity index is 2.82. The first-order chi connectivity index (χ1) is 8.45. The molecule has 98 valence electrons. The van der Waals surface area contributed by atoms with Gasteiger partial charge in [-0.2, -0.15) is 0 Å². The molecule has 0 aliphatic rings. The van der Waals surface area contributed by atoms with Gasteiger partial charge in [-0.05, 0) is 5.56 Å². The second kappa shape index (κ2) is 6.08. The molecule has 7 nitrogen and oxygen atoms in total. The van der Waals surface area contributed by atoms with E-state index in [9.17, 15) is 25.1 Å². The zero-order valence-corrected chi connectivity index (χ0v) is 9.65. The molecule has 1 aromatic carbocycles. The van der Waals surface area contributed by atoms with Crippen LogP contribution in [0.1, 0.15) is 18.1 Å². The van der Waals surface area contributed by atoms with Gasteiger partial charge in [0, 0.05) is 12.1 Å². The van der Waals surface area contributed by atoms with E-state index in [1.807, 2.05) is 0 Å². The number of methoxy groups -OCH3 is 1. The van der Waals surface area contributed by atoms with Gasteiger partial charge < -0.3 is 14.9 Å². The fourth-order valence-electron chi connectivity index (χ4n) is 1.41. The molecule has 0 saturated heterocycles. The van der Waals surface area contributed by atoms with Gasteiger partial charge in [0.1, 0.15) is 6.10 Å². The minimum absolute atomic E-state index is 0.167. The second-order valence-corrected chi connectivity index (χ2v) is 3.64. The molecule has 7 heteroatoms. The number of aliphatic hydroxyl groups is 2. The number of nitro benzene ring substituents is 1. The standard InChI is InChI=1S/C11H13NO6/c1-18-10(14)6-9(13)11(15)7-3-2-4-8(5-7)12(16)17/h2-5,9,11,13,15H,6H2,1H3. The predicted octanol–water partition coefficient (Wildman–Crippen LogP) is 0.552. The Morgan fingerprint density at radius 2 is 2.17 bits per heavy atom. The molecular formula is C11H13NO6. The van der Waals surface area contributed by atoms with Crippen LogP contribution >= 0.6 is 0 Å². The molecule has 0 bridgehead atoms. The Hall–Kier alpha value is -1.99. The fourth-order valence-corrected chi connectivity index (χ4v) is 1.41. The Morgan fingerprint density at radius 3 is 2.72 bits per heavy atom. The minimum Gasteiger partial charge on any atom is -0.469 e. The lowest BCUT2D eigenvalue weighted by atomic mass is 10.0. The molecule has 0 heterocycles. The van der Waals surface area contributed by atoms with E-state index in [-0.39, 0.29) is 17.7 Å². The monoisotopic (exact) mass is 255 g/mol. The highest BCUT2D eigenvalue weighted by atomic mass is 16.6. The van der Waals surface area contributed by atoms with Crippen molar-refractivity contribution in [2.45, 2.75) is 18.6 Å². The number of carbonyl (C=O) groups is 1. The van der Waals surface area contributed by atoms with Gasteiger partial charge in [-0.1, -0.05) is 12.1 Å². The van der Waals surface area contributed by atoms with Crippen molar-refractivity contribution in [3.8, 4) is 0 Å². The summed E-state index contributed by atoms with van der Waals surface area (Å²) in [7, 11) is 1.16. The van der Waals surface area contributed by atoms with Crippen molar-refractivity contribution < 1.29 is 24.7 Å². The average molecular weight is 255 g/mol. The summed E-state index contributed by atoms with van der Waals surface area (Å²) in [6.07, 6.45) is -3.15. The predicted molar refractivity (Wildman–Crippen MR) is 60.7 cm³/mol. The van der Waals surface area contributed by atoms with E-state index in [4.69, 9.17) is 0 Å². The summed E-state index contributed by atoms with van der Waals surface area (Å²) in [4.78, 5) is 20.9. The Morgan fingerprint density at radius 1 is 1.50 bits per heavy atom. The van der Waals surface area contributed by atoms with Gasteiger partial charge in [0.2, 0.25) is 0 Å². The number of benzene rings is 1. The van der Waals surface area contributed by atoms with Gasteiger partial charge in [-0.25, -0.2) is 0 Å². The van der Waals surface area contributed by atoms with Gasteiger partial charge in [-0.3, -0.25) is 14.9 Å². The first-order valence-corrected chi connectivity index (χ1v) is 5.13. The molecule has 18 heavy (non-hydrogen) atoms. The van der Waals surface area contributed by atoms with E-state index in [1.54, 1.807) is 0 Å². The number of hydrogen-bond acceptors (Lipinski definition) is 6. The molecule has 2 N–H and O–H groups in total. The summed E-state index contributed by atoms with van der Waals surface area (Å²) in [5, 5.41) is 29.9. The number of non-ortho nitro benzene ring substituents is 1. The van der Waals surface area contributed by atoms with Gasteiger partial charge in [0.05, 0.1) is 24.6 Å². The third-order valence-electron chi connectivity index (χ3n) is 2.39. The van der Waals surface area contributed by atoms with Crippen LogP contribution in [0.25, 0.3) is 0 Å². The molecule has 1 aromatic rings. The zero-order valence-electron chi connectivity index (χ0n) is 9.65. The van der Waals surface area contributed by atoms with Crippen molar-refractivity contribution in [3.05, 3.63) is 39.9 Å². The maximum atomic E-state index is 10.9. The Labute approximate surface area is 103 Å². The number of nitrogens with zero attached hydrogens (tertiary/aromatic N) is 1. The van der Waals surface area contributed by atoms with Crippen molar-refractivity contribution in [1.29, 1.82) is 0 Å². The topological polar surface area (TPSA) is 110 Å². The largest absolute Gasteiger partial charge is 0.469 e. The quantitative estimate of drug-likeness (QED) is 0.451. The van der Waals surface area contributed by atoms with Crippen LogP contribution in [0.3, 0.4) is 0 Å². The molecule has 0 amide bonds. The van der Waals surface area contributed by atoms with Gasteiger partial charge in [0.25, 0.3) is 5.69 Å². The van der Waals surface area contributed by atoms with Crippen molar-refractivity contribution in [3.63, 3.8) is 0 Å². The smallest absolute Gasteiger partial charge is 0.308 e.